The fourth-order valence-corrected chi connectivity index (χ4v) is 4.88. The van der Waals surface area contributed by atoms with Crippen LogP contribution in [0.1, 0.15) is 0 Å². The first kappa shape index (κ1) is 18.7. The minimum Gasteiger partial charge on any atom is -0.355 e. The molecule has 0 aliphatic heterocycles. The molecule has 0 aliphatic rings. The summed E-state index contributed by atoms with van der Waals surface area (Å²) in [5, 5.41) is 12.8. The molecule has 1 N–H and O–H groups in total. The predicted octanol–water partition coefficient (Wildman–Crippen LogP) is 8.45. The molecule has 2 nitrogen and oxygen atoms in total. The van der Waals surface area contributed by atoms with Crippen LogP contribution in [0.4, 0.5) is 22.7 Å². The van der Waals surface area contributed by atoms with Crippen LogP contribution in [0.3, 0.4) is 0 Å². The highest BCUT2D eigenvalue weighted by Crippen LogP contribution is 2.43. The van der Waals surface area contributed by atoms with Crippen LogP contribution in [-0.4, -0.2) is 0 Å². The van der Waals surface area contributed by atoms with Crippen molar-refractivity contribution >= 4 is 45.4 Å². The molecule has 0 bridgehead atoms. The first-order valence-corrected chi connectivity index (χ1v) is 11.5. The molecule has 0 saturated heterocycles. The molecule has 0 aliphatic carbocycles. The molecule has 0 saturated carbocycles. The molecule has 30 heavy (non-hydrogen) atoms. The number of rotatable bonds is 6. The molecule has 1 radical (unpaired) electrons. The maximum absolute atomic E-state index is 5.00. The summed E-state index contributed by atoms with van der Waals surface area (Å²) in [6, 6.07) is 33.4. The van der Waals surface area contributed by atoms with E-state index in [0.717, 1.165) is 33.9 Å². The summed E-state index contributed by atoms with van der Waals surface area (Å²) in [4.78, 5) is 2.43. The second-order valence-electron chi connectivity index (χ2n) is 6.81. The minimum absolute atomic E-state index is 0.955. The summed E-state index contributed by atoms with van der Waals surface area (Å²) in [5.74, 6) is 0. The van der Waals surface area contributed by atoms with Crippen molar-refractivity contribution in [3.05, 3.63) is 108 Å². The van der Waals surface area contributed by atoms with Crippen LogP contribution in [0.15, 0.2) is 108 Å². The highest BCUT2D eigenvalue weighted by atomic mass is 32.1. The Balaban J connectivity index is 1.67. The molecule has 5 aromatic rings. The Labute approximate surface area is 184 Å². The summed E-state index contributed by atoms with van der Waals surface area (Å²) in [7, 11) is 0. The third kappa shape index (κ3) is 4.01. The Morgan fingerprint density at radius 3 is 1.87 bits per heavy atom. The van der Waals surface area contributed by atoms with E-state index >= 15 is 0 Å². The molecule has 3 aromatic carbocycles. The number of nitrogens with one attached hydrogen (secondary N) is 1. The van der Waals surface area contributed by atoms with Crippen molar-refractivity contribution < 1.29 is 0 Å². The van der Waals surface area contributed by atoms with Gasteiger partial charge in [0.05, 0.1) is 11.4 Å². The molecular formula is C26H19N2S2. The maximum Gasteiger partial charge on any atom is 0.0731 e. The summed E-state index contributed by atoms with van der Waals surface area (Å²) in [6.07, 6.45) is 0. The fourth-order valence-electron chi connectivity index (χ4n) is 3.37. The Bertz CT molecular complexity index is 1110. The van der Waals surface area contributed by atoms with E-state index in [1.54, 1.807) is 22.7 Å². The van der Waals surface area contributed by atoms with Gasteiger partial charge in [-0.05, 0) is 59.3 Å². The van der Waals surface area contributed by atoms with Gasteiger partial charge in [0.15, 0.2) is 0 Å². The van der Waals surface area contributed by atoms with Gasteiger partial charge in [0.1, 0.15) is 0 Å². The number of hydrogen-bond acceptors (Lipinski definition) is 3. The third-order valence-corrected chi connectivity index (χ3v) is 6.57. The first-order chi connectivity index (χ1) is 14.9. The minimum atomic E-state index is 0.955. The molecule has 0 fully saturated rings. The quantitative estimate of drug-likeness (QED) is 0.291. The molecule has 0 unspecified atom stereocenters. The standard InChI is InChI=1S/C26H19N2S2/c1-3-9-19(10-4-1)27-23-17-22(26-14-8-16-30-26)24(28-20-11-5-2-6-12-20)18-21(23)25-13-7-15-29-25/h1-18,27H. The van der Waals surface area contributed by atoms with Crippen LogP contribution < -0.4 is 10.6 Å². The van der Waals surface area contributed by atoms with E-state index < -0.39 is 0 Å². The van der Waals surface area contributed by atoms with Crippen LogP contribution in [-0.2, 0) is 0 Å². The lowest BCUT2D eigenvalue weighted by Gasteiger charge is -2.17. The van der Waals surface area contributed by atoms with E-state index in [-0.39, 0.29) is 0 Å². The summed E-state index contributed by atoms with van der Waals surface area (Å²) >= 11 is 3.47. The van der Waals surface area contributed by atoms with Gasteiger partial charge in [-0.15, -0.1) is 22.7 Å². The van der Waals surface area contributed by atoms with Crippen molar-refractivity contribution in [3.8, 4) is 20.9 Å². The van der Waals surface area contributed by atoms with E-state index in [2.05, 4.69) is 64.6 Å². The van der Waals surface area contributed by atoms with Gasteiger partial charge >= 0.3 is 0 Å². The molecule has 5 rings (SSSR count). The van der Waals surface area contributed by atoms with E-state index in [4.69, 9.17) is 5.32 Å². The van der Waals surface area contributed by atoms with E-state index in [1.165, 1.54) is 9.75 Å². The molecule has 0 atom stereocenters. The van der Waals surface area contributed by atoms with Gasteiger partial charge in [0, 0.05) is 32.3 Å². The van der Waals surface area contributed by atoms with Crippen LogP contribution in [0.2, 0.25) is 0 Å². The summed E-state index contributed by atoms with van der Waals surface area (Å²) in [5.41, 5.74) is 6.37. The zero-order valence-electron chi connectivity index (χ0n) is 16.2. The molecule has 2 aromatic heterocycles. The molecule has 2 heterocycles. The van der Waals surface area contributed by atoms with Gasteiger partial charge in [-0.1, -0.05) is 48.5 Å². The van der Waals surface area contributed by atoms with E-state index in [9.17, 15) is 0 Å². The summed E-state index contributed by atoms with van der Waals surface area (Å²) < 4.78 is 0. The van der Waals surface area contributed by atoms with Crippen molar-refractivity contribution in [3.63, 3.8) is 0 Å². The Morgan fingerprint density at radius 2 is 1.23 bits per heavy atom. The number of thiophene rings is 2. The van der Waals surface area contributed by atoms with Gasteiger partial charge in [-0.2, -0.15) is 0 Å². The van der Waals surface area contributed by atoms with Crippen molar-refractivity contribution in [1.29, 1.82) is 0 Å². The van der Waals surface area contributed by atoms with E-state index in [0.29, 0.717) is 0 Å². The Hall–Kier alpha value is -3.34. The second-order valence-corrected chi connectivity index (χ2v) is 8.70. The number of anilines is 2. The van der Waals surface area contributed by atoms with Gasteiger partial charge < -0.3 is 5.32 Å². The smallest absolute Gasteiger partial charge is 0.0731 e. The van der Waals surface area contributed by atoms with Crippen molar-refractivity contribution in [2.75, 3.05) is 5.32 Å². The Kier molecular flexibility index (Phi) is 5.34. The van der Waals surface area contributed by atoms with Crippen LogP contribution in [0.25, 0.3) is 20.9 Å². The maximum atomic E-state index is 5.00. The normalized spacial score (nSPS) is 10.7. The second kappa shape index (κ2) is 8.57. The van der Waals surface area contributed by atoms with Crippen LogP contribution >= 0.6 is 22.7 Å². The number of nitrogens with zero attached hydrogens (tertiary/aromatic N) is 1. The van der Waals surface area contributed by atoms with Crippen LogP contribution in [0.5, 0.6) is 0 Å². The first-order valence-electron chi connectivity index (χ1n) is 9.71. The highest BCUT2D eigenvalue weighted by molar-refractivity contribution is 7.14. The monoisotopic (exact) mass is 423 g/mol. The molecule has 145 valence electrons. The lowest BCUT2D eigenvalue weighted by Crippen LogP contribution is -1.97. The zero-order chi connectivity index (χ0) is 20.2. The van der Waals surface area contributed by atoms with Crippen molar-refractivity contribution in [2.24, 2.45) is 0 Å². The molecule has 0 spiro atoms. The third-order valence-electron chi connectivity index (χ3n) is 4.77. The van der Waals surface area contributed by atoms with Crippen LogP contribution in [0, 0.1) is 0 Å². The lowest BCUT2D eigenvalue weighted by molar-refractivity contribution is 1.19. The molecular weight excluding hydrogens is 404 g/mol. The van der Waals surface area contributed by atoms with Gasteiger partial charge in [0.2, 0.25) is 0 Å². The topological polar surface area (TPSA) is 26.1 Å². The van der Waals surface area contributed by atoms with Crippen molar-refractivity contribution in [1.82, 2.24) is 5.32 Å². The van der Waals surface area contributed by atoms with E-state index in [1.807, 2.05) is 48.5 Å². The number of para-hydroxylation sites is 2. The number of hydrogen-bond donors (Lipinski definition) is 1. The SMILES string of the molecule is c1ccc([N]c2cc(-c3cccs3)c(Nc3ccccc3)cc2-c2cccs2)cc1. The fraction of sp³-hybridized carbons (Fsp3) is 0. The Morgan fingerprint density at radius 1 is 0.600 bits per heavy atom. The largest absolute Gasteiger partial charge is 0.355 e. The lowest BCUT2D eigenvalue weighted by atomic mass is 10.0. The summed E-state index contributed by atoms with van der Waals surface area (Å²) in [6.45, 7) is 0. The van der Waals surface area contributed by atoms with Gasteiger partial charge in [-0.25, -0.2) is 5.32 Å². The average Bonchev–Trinajstić information content (AvgIpc) is 3.51. The molecule has 4 heteroatoms. The highest BCUT2D eigenvalue weighted by Gasteiger charge is 2.16. The van der Waals surface area contributed by atoms with Crippen molar-refractivity contribution in [2.45, 2.75) is 0 Å². The zero-order valence-corrected chi connectivity index (χ0v) is 17.8. The predicted molar refractivity (Wildman–Crippen MR) is 131 cm³/mol. The molecule has 0 amide bonds. The number of benzene rings is 3. The average molecular weight is 424 g/mol. The van der Waals surface area contributed by atoms with Gasteiger partial charge in [-0.3, -0.25) is 0 Å². The van der Waals surface area contributed by atoms with Gasteiger partial charge in [0.25, 0.3) is 0 Å².